The molecule has 0 aromatic heterocycles. The molecular weight excluding hydrogens is 254 g/mol. The first-order valence-electron chi connectivity index (χ1n) is 7.97. The Kier molecular flexibility index (Phi) is 5.40. The van der Waals surface area contributed by atoms with E-state index in [2.05, 4.69) is 22.9 Å². The molecule has 0 aromatic carbocycles. The van der Waals surface area contributed by atoms with E-state index in [1.165, 1.54) is 0 Å². The largest absolute Gasteiger partial charge is 0.354 e. The SMILES string of the molecule is CCCC1(C(=O)NC2CCCCNC2=O)CCCNC1. The van der Waals surface area contributed by atoms with Crippen molar-refractivity contribution in [2.45, 2.75) is 57.9 Å². The van der Waals surface area contributed by atoms with Gasteiger partial charge in [0.25, 0.3) is 0 Å². The molecule has 114 valence electrons. The molecule has 2 saturated heterocycles. The summed E-state index contributed by atoms with van der Waals surface area (Å²) in [5, 5.41) is 9.23. The van der Waals surface area contributed by atoms with Gasteiger partial charge in [0.05, 0.1) is 5.41 Å². The van der Waals surface area contributed by atoms with Crippen LogP contribution in [0.2, 0.25) is 0 Å². The van der Waals surface area contributed by atoms with Crippen molar-refractivity contribution in [2.75, 3.05) is 19.6 Å². The topological polar surface area (TPSA) is 70.2 Å². The van der Waals surface area contributed by atoms with E-state index in [-0.39, 0.29) is 23.3 Å². The highest BCUT2D eigenvalue weighted by Gasteiger charge is 2.40. The van der Waals surface area contributed by atoms with Crippen LogP contribution in [0.5, 0.6) is 0 Å². The quantitative estimate of drug-likeness (QED) is 0.718. The molecular formula is C15H27N3O2. The molecule has 5 heteroatoms. The third kappa shape index (κ3) is 3.51. The van der Waals surface area contributed by atoms with E-state index in [1.54, 1.807) is 0 Å². The highest BCUT2D eigenvalue weighted by Crippen LogP contribution is 2.32. The first-order chi connectivity index (χ1) is 9.68. The lowest BCUT2D eigenvalue weighted by molar-refractivity contribution is -0.136. The fraction of sp³-hybridized carbons (Fsp3) is 0.867. The Hall–Kier alpha value is -1.10. The summed E-state index contributed by atoms with van der Waals surface area (Å²) in [6.07, 6.45) is 6.58. The third-order valence-electron chi connectivity index (χ3n) is 4.52. The lowest BCUT2D eigenvalue weighted by Gasteiger charge is -2.37. The van der Waals surface area contributed by atoms with Crippen LogP contribution >= 0.6 is 0 Å². The molecule has 2 fully saturated rings. The van der Waals surface area contributed by atoms with E-state index in [1.807, 2.05) is 0 Å². The Balaban J connectivity index is 2.01. The van der Waals surface area contributed by atoms with Crippen LogP contribution in [0.15, 0.2) is 0 Å². The van der Waals surface area contributed by atoms with Crippen LogP contribution in [0.4, 0.5) is 0 Å². The maximum atomic E-state index is 12.7. The summed E-state index contributed by atoms with van der Waals surface area (Å²) >= 11 is 0. The Morgan fingerprint density at radius 1 is 1.35 bits per heavy atom. The molecule has 0 aliphatic carbocycles. The van der Waals surface area contributed by atoms with Gasteiger partial charge in [0.15, 0.2) is 0 Å². The van der Waals surface area contributed by atoms with E-state index in [9.17, 15) is 9.59 Å². The van der Waals surface area contributed by atoms with Crippen LogP contribution in [-0.4, -0.2) is 37.5 Å². The number of amides is 2. The van der Waals surface area contributed by atoms with Crippen LogP contribution < -0.4 is 16.0 Å². The maximum absolute atomic E-state index is 12.7. The molecule has 2 unspecified atom stereocenters. The second kappa shape index (κ2) is 7.07. The second-order valence-corrected chi connectivity index (χ2v) is 6.12. The number of carbonyl (C=O) groups excluding carboxylic acids is 2. The number of piperidine rings is 1. The predicted molar refractivity (Wildman–Crippen MR) is 78.2 cm³/mol. The minimum Gasteiger partial charge on any atom is -0.354 e. The van der Waals surface area contributed by atoms with Crippen LogP contribution in [0.1, 0.15) is 51.9 Å². The van der Waals surface area contributed by atoms with Crippen molar-refractivity contribution in [1.82, 2.24) is 16.0 Å². The number of hydrogen-bond donors (Lipinski definition) is 3. The molecule has 0 bridgehead atoms. The van der Waals surface area contributed by atoms with Crippen molar-refractivity contribution in [3.63, 3.8) is 0 Å². The van der Waals surface area contributed by atoms with Crippen LogP contribution in [0.25, 0.3) is 0 Å². The molecule has 2 amide bonds. The monoisotopic (exact) mass is 281 g/mol. The van der Waals surface area contributed by atoms with Gasteiger partial charge in [0.2, 0.25) is 11.8 Å². The average Bonchev–Trinajstić information content (AvgIpc) is 2.65. The molecule has 20 heavy (non-hydrogen) atoms. The second-order valence-electron chi connectivity index (χ2n) is 6.12. The molecule has 2 atom stereocenters. The highest BCUT2D eigenvalue weighted by molar-refractivity contribution is 5.90. The lowest BCUT2D eigenvalue weighted by atomic mass is 9.76. The minimum absolute atomic E-state index is 0.0220. The highest BCUT2D eigenvalue weighted by atomic mass is 16.2. The summed E-state index contributed by atoms with van der Waals surface area (Å²) in [4.78, 5) is 24.7. The first kappa shape index (κ1) is 15.3. The Bertz CT molecular complexity index is 346. The van der Waals surface area contributed by atoms with Gasteiger partial charge in [-0.05, 0) is 45.1 Å². The summed E-state index contributed by atoms with van der Waals surface area (Å²) < 4.78 is 0. The van der Waals surface area contributed by atoms with Crippen molar-refractivity contribution >= 4 is 11.8 Å². The van der Waals surface area contributed by atoms with Crippen molar-refractivity contribution in [3.05, 3.63) is 0 Å². The molecule has 2 rings (SSSR count). The zero-order chi connectivity index (χ0) is 14.4. The van der Waals surface area contributed by atoms with Gasteiger partial charge in [-0.25, -0.2) is 0 Å². The molecule has 2 aliphatic heterocycles. The minimum atomic E-state index is -0.347. The van der Waals surface area contributed by atoms with Crippen LogP contribution in [0.3, 0.4) is 0 Å². The van der Waals surface area contributed by atoms with E-state index in [0.29, 0.717) is 0 Å². The summed E-state index contributed by atoms with van der Waals surface area (Å²) in [5.41, 5.74) is -0.320. The normalized spacial score (nSPS) is 31.2. The fourth-order valence-electron chi connectivity index (χ4n) is 3.36. The number of hydrogen-bond acceptors (Lipinski definition) is 3. The molecule has 5 nitrogen and oxygen atoms in total. The van der Waals surface area contributed by atoms with Gasteiger partial charge in [-0.3, -0.25) is 9.59 Å². The summed E-state index contributed by atoms with van der Waals surface area (Å²) in [6.45, 7) is 4.57. The molecule has 2 aliphatic rings. The molecule has 2 heterocycles. The van der Waals surface area contributed by atoms with Crippen LogP contribution in [-0.2, 0) is 9.59 Å². The summed E-state index contributed by atoms with van der Waals surface area (Å²) in [5.74, 6) is 0.0415. The first-order valence-corrected chi connectivity index (χ1v) is 7.97. The maximum Gasteiger partial charge on any atom is 0.242 e. The van der Waals surface area contributed by atoms with Gasteiger partial charge in [0.1, 0.15) is 6.04 Å². The van der Waals surface area contributed by atoms with Gasteiger partial charge in [-0.2, -0.15) is 0 Å². The summed E-state index contributed by atoms with van der Waals surface area (Å²) in [6, 6.07) is -0.347. The smallest absolute Gasteiger partial charge is 0.242 e. The van der Waals surface area contributed by atoms with Gasteiger partial charge >= 0.3 is 0 Å². The Labute approximate surface area is 121 Å². The van der Waals surface area contributed by atoms with Crippen molar-refractivity contribution < 1.29 is 9.59 Å². The average molecular weight is 281 g/mol. The van der Waals surface area contributed by atoms with E-state index in [0.717, 1.165) is 64.6 Å². The number of rotatable bonds is 4. The standard InChI is InChI=1S/C15H27N3O2/c1-2-7-15(8-5-9-16-11-15)14(20)18-12-6-3-4-10-17-13(12)19/h12,16H,2-11H2,1H3,(H,17,19)(H,18,20). The number of carbonyl (C=O) groups is 2. The van der Waals surface area contributed by atoms with Gasteiger partial charge in [-0.1, -0.05) is 13.3 Å². The lowest BCUT2D eigenvalue weighted by Crippen LogP contribution is -2.55. The zero-order valence-electron chi connectivity index (χ0n) is 12.5. The molecule has 0 radical (unpaired) electrons. The van der Waals surface area contributed by atoms with Crippen molar-refractivity contribution in [2.24, 2.45) is 5.41 Å². The van der Waals surface area contributed by atoms with Gasteiger partial charge in [0, 0.05) is 13.1 Å². The molecule has 0 aromatic rings. The van der Waals surface area contributed by atoms with Gasteiger partial charge in [-0.15, -0.1) is 0 Å². The zero-order valence-corrected chi connectivity index (χ0v) is 12.5. The molecule has 0 spiro atoms. The third-order valence-corrected chi connectivity index (χ3v) is 4.52. The van der Waals surface area contributed by atoms with E-state index in [4.69, 9.17) is 0 Å². The van der Waals surface area contributed by atoms with Crippen molar-refractivity contribution in [3.8, 4) is 0 Å². The van der Waals surface area contributed by atoms with Crippen LogP contribution in [0, 0.1) is 5.41 Å². The van der Waals surface area contributed by atoms with E-state index >= 15 is 0 Å². The van der Waals surface area contributed by atoms with E-state index < -0.39 is 0 Å². The summed E-state index contributed by atoms with van der Waals surface area (Å²) in [7, 11) is 0. The van der Waals surface area contributed by atoms with Gasteiger partial charge < -0.3 is 16.0 Å². The molecule has 3 N–H and O–H groups in total. The Morgan fingerprint density at radius 3 is 2.90 bits per heavy atom. The molecule has 0 saturated carbocycles. The van der Waals surface area contributed by atoms with Crippen molar-refractivity contribution in [1.29, 1.82) is 0 Å². The Morgan fingerprint density at radius 2 is 2.20 bits per heavy atom. The predicted octanol–water partition coefficient (Wildman–Crippen LogP) is 0.941. The fourth-order valence-corrected chi connectivity index (χ4v) is 3.36. The number of nitrogens with one attached hydrogen (secondary N) is 3.